The van der Waals surface area contributed by atoms with E-state index >= 15 is 0 Å². The Bertz CT molecular complexity index is 1570. The number of aryl methyl sites for hydroxylation is 2. The van der Waals surface area contributed by atoms with Gasteiger partial charge in [0.15, 0.2) is 10.0 Å². The van der Waals surface area contributed by atoms with Gasteiger partial charge in [-0.25, -0.2) is 9.19 Å². The summed E-state index contributed by atoms with van der Waals surface area (Å²) in [6.07, 6.45) is 3.77. The van der Waals surface area contributed by atoms with E-state index in [1.54, 1.807) is 22.8 Å². The number of benzene rings is 2. The number of hydrogen-bond donors (Lipinski definition) is 1. The SMILES string of the molecule is Cc1cc(C)c[n+](-c2nc3ccccc3nc2N=S(=O)(O)c2cccc3nsnc23)c1. The van der Waals surface area contributed by atoms with Crippen molar-refractivity contribution >= 4 is 49.6 Å². The van der Waals surface area contributed by atoms with Gasteiger partial charge in [-0.3, -0.25) is 4.55 Å². The highest BCUT2D eigenvalue weighted by Gasteiger charge is 2.24. The molecule has 5 aromatic rings. The van der Waals surface area contributed by atoms with E-state index in [1.165, 1.54) is 6.07 Å². The third kappa shape index (κ3) is 3.65. The summed E-state index contributed by atoms with van der Waals surface area (Å²) in [5, 5.41) is 0. The summed E-state index contributed by atoms with van der Waals surface area (Å²) in [5.41, 5.74) is 4.19. The highest BCUT2D eigenvalue weighted by molar-refractivity contribution is 7.88. The van der Waals surface area contributed by atoms with Crippen molar-refractivity contribution in [3.05, 3.63) is 72.1 Å². The zero-order chi connectivity index (χ0) is 21.6. The van der Waals surface area contributed by atoms with Gasteiger partial charge in [-0.05, 0) is 60.3 Å². The van der Waals surface area contributed by atoms with Crippen LogP contribution in [0.3, 0.4) is 0 Å². The van der Waals surface area contributed by atoms with Crippen LogP contribution in [0.2, 0.25) is 0 Å². The summed E-state index contributed by atoms with van der Waals surface area (Å²) in [6, 6.07) is 14.3. The molecule has 3 heterocycles. The molecule has 1 N–H and O–H groups in total. The smallest absolute Gasteiger partial charge is 0.296 e. The van der Waals surface area contributed by atoms with Crippen molar-refractivity contribution in [1.29, 1.82) is 0 Å². The Morgan fingerprint density at radius 2 is 1.61 bits per heavy atom. The molecule has 5 rings (SSSR count). The number of pyridine rings is 1. The fraction of sp³-hybridized carbons (Fsp3) is 0.0952. The predicted octanol–water partition coefficient (Wildman–Crippen LogP) is 4.16. The molecular formula is C21H17N6O2S2+. The zero-order valence-corrected chi connectivity index (χ0v) is 18.3. The van der Waals surface area contributed by atoms with E-state index in [9.17, 15) is 8.76 Å². The second kappa shape index (κ2) is 7.41. The van der Waals surface area contributed by atoms with Crippen molar-refractivity contribution in [2.24, 2.45) is 4.36 Å². The van der Waals surface area contributed by atoms with E-state index in [0.717, 1.165) is 22.9 Å². The average molecular weight is 450 g/mol. The van der Waals surface area contributed by atoms with Crippen LogP contribution in [0.1, 0.15) is 11.1 Å². The Morgan fingerprint density at radius 1 is 0.935 bits per heavy atom. The van der Waals surface area contributed by atoms with E-state index in [1.807, 2.05) is 50.5 Å². The Morgan fingerprint density at radius 3 is 2.35 bits per heavy atom. The molecule has 10 heteroatoms. The molecule has 0 bridgehead atoms. The van der Waals surface area contributed by atoms with Crippen molar-refractivity contribution in [2.45, 2.75) is 18.7 Å². The van der Waals surface area contributed by atoms with E-state index in [-0.39, 0.29) is 10.7 Å². The van der Waals surface area contributed by atoms with E-state index in [2.05, 4.69) is 18.1 Å². The van der Waals surface area contributed by atoms with Crippen LogP contribution >= 0.6 is 11.7 Å². The molecule has 0 radical (unpaired) electrons. The molecule has 0 saturated heterocycles. The zero-order valence-electron chi connectivity index (χ0n) is 16.6. The molecule has 31 heavy (non-hydrogen) atoms. The lowest BCUT2D eigenvalue weighted by molar-refractivity contribution is -0.599. The number of aromatic nitrogens is 5. The van der Waals surface area contributed by atoms with Gasteiger partial charge < -0.3 is 0 Å². The summed E-state index contributed by atoms with van der Waals surface area (Å²) < 4.78 is 38.6. The number of hydrogen-bond acceptors (Lipinski definition) is 7. The van der Waals surface area contributed by atoms with E-state index in [4.69, 9.17) is 4.98 Å². The van der Waals surface area contributed by atoms with Gasteiger partial charge >= 0.3 is 5.82 Å². The lowest BCUT2D eigenvalue weighted by atomic mass is 10.2. The van der Waals surface area contributed by atoms with Gasteiger partial charge in [0.2, 0.25) is 5.52 Å². The van der Waals surface area contributed by atoms with E-state index < -0.39 is 10.0 Å². The maximum absolute atomic E-state index is 13.4. The van der Waals surface area contributed by atoms with Crippen molar-refractivity contribution in [1.82, 2.24) is 18.7 Å². The maximum Gasteiger partial charge on any atom is 0.374 e. The molecule has 0 fully saturated rings. The minimum atomic E-state index is -3.87. The second-order valence-corrected chi connectivity index (χ2v) is 9.28. The van der Waals surface area contributed by atoms with Crippen LogP contribution < -0.4 is 4.57 Å². The molecule has 0 aliphatic rings. The molecule has 2 aromatic carbocycles. The van der Waals surface area contributed by atoms with E-state index in [0.29, 0.717) is 27.9 Å². The Labute approximate surface area is 182 Å². The molecule has 154 valence electrons. The molecular weight excluding hydrogens is 432 g/mol. The second-order valence-electron chi connectivity index (χ2n) is 7.13. The first-order valence-corrected chi connectivity index (χ1v) is 11.6. The molecule has 0 amide bonds. The largest absolute Gasteiger partial charge is 0.374 e. The first kappa shape index (κ1) is 19.6. The van der Waals surface area contributed by atoms with Gasteiger partial charge in [-0.2, -0.15) is 13.3 Å². The topological polar surface area (TPSA) is 105 Å². The Hall–Kier alpha value is -3.34. The fourth-order valence-corrected chi connectivity index (χ4v) is 5.13. The quantitative estimate of drug-likeness (QED) is 0.415. The number of nitrogens with zero attached hydrogens (tertiary/aromatic N) is 6. The van der Waals surface area contributed by atoms with Crippen LogP contribution in [0, 0.1) is 13.8 Å². The maximum atomic E-state index is 13.4. The molecule has 0 saturated carbocycles. The average Bonchev–Trinajstić information content (AvgIpc) is 3.21. The van der Waals surface area contributed by atoms with Crippen molar-refractivity contribution in [3.8, 4) is 5.82 Å². The van der Waals surface area contributed by atoms with Crippen LogP contribution in [-0.4, -0.2) is 27.5 Å². The van der Waals surface area contributed by atoms with Crippen LogP contribution in [-0.2, 0) is 10.0 Å². The van der Waals surface area contributed by atoms with Crippen LogP contribution in [0.15, 0.2) is 70.2 Å². The third-order valence-corrected chi connectivity index (χ3v) is 6.53. The van der Waals surface area contributed by atoms with Crippen molar-refractivity contribution in [2.75, 3.05) is 0 Å². The fourth-order valence-electron chi connectivity index (χ4n) is 3.41. The van der Waals surface area contributed by atoms with Crippen LogP contribution in [0.5, 0.6) is 0 Å². The Balaban J connectivity index is 1.81. The predicted molar refractivity (Wildman–Crippen MR) is 119 cm³/mol. The standard InChI is InChI=1S/C21H16N6O2S2/c1-13-10-14(2)12-27(11-13)21-20(22-15-6-3-4-7-16(15)23-21)26-31(28,29)18-9-5-8-17-19(18)25-30-24-17/h3-12H,1-2H3/p+1. The molecule has 1 atom stereocenters. The highest BCUT2D eigenvalue weighted by Crippen LogP contribution is 2.27. The summed E-state index contributed by atoms with van der Waals surface area (Å²) in [5.74, 6) is 0.442. The third-order valence-electron chi connectivity index (χ3n) is 4.67. The summed E-state index contributed by atoms with van der Waals surface area (Å²) in [4.78, 5) is 9.37. The lowest BCUT2D eigenvalue weighted by Gasteiger charge is -2.06. The van der Waals surface area contributed by atoms with Gasteiger partial charge in [-0.1, -0.05) is 18.2 Å². The van der Waals surface area contributed by atoms with Gasteiger partial charge in [0.1, 0.15) is 21.4 Å². The summed E-state index contributed by atoms with van der Waals surface area (Å²) in [7, 11) is -3.87. The normalized spacial score (nSPS) is 13.4. The summed E-state index contributed by atoms with van der Waals surface area (Å²) >= 11 is 0.984. The van der Waals surface area contributed by atoms with Gasteiger partial charge in [-0.15, -0.1) is 4.36 Å². The van der Waals surface area contributed by atoms with Gasteiger partial charge in [0, 0.05) is 0 Å². The Kier molecular flexibility index (Phi) is 4.69. The van der Waals surface area contributed by atoms with Crippen LogP contribution in [0.25, 0.3) is 27.9 Å². The lowest BCUT2D eigenvalue weighted by Crippen LogP contribution is -2.32. The summed E-state index contributed by atoms with van der Waals surface area (Å²) in [6.45, 7) is 3.94. The number of rotatable bonds is 3. The van der Waals surface area contributed by atoms with Crippen LogP contribution in [0.4, 0.5) is 5.82 Å². The van der Waals surface area contributed by atoms with Gasteiger partial charge in [0.05, 0.1) is 24.1 Å². The molecule has 0 spiro atoms. The molecule has 8 nitrogen and oxygen atoms in total. The highest BCUT2D eigenvalue weighted by atomic mass is 32.2. The molecule has 3 aromatic heterocycles. The van der Waals surface area contributed by atoms with Crippen molar-refractivity contribution < 1.29 is 13.3 Å². The number of para-hydroxylation sites is 2. The minimum absolute atomic E-state index is 0.0707. The minimum Gasteiger partial charge on any atom is -0.296 e. The molecule has 1 unspecified atom stereocenters. The molecule has 0 aliphatic carbocycles. The first-order valence-electron chi connectivity index (χ1n) is 9.38. The first-order chi connectivity index (χ1) is 14.9. The van der Waals surface area contributed by atoms with Gasteiger partial charge in [0.25, 0.3) is 5.82 Å². The molecule has 0 aliphatic heterocycles. The monoisotopic (exact) mass is 449 g/mol. The number of fused-ring (bicyclic) bond motifs is 2. The van der Waals surface area contributed by atoms with Crippen molar-refractivity contribution in [3.63, 3.8) is 0 Å².